The molecule has 2 aromatic rings. The predicted octanol–water partition coefficient (Wildman–Crippen LogP) is 2.18. The van der Waals surface area contributed by atoms with Crippen molar-refractivity contribution in [3.63, 3.8) is 0 Å². The van der Waals surface area contributed by atoms with Crippen LogP contribution in [0.15, 0.2) is 36.4 Å². The number of nitrogens with one attached hydrogen (secondary N) is 1. The minimum absolute atomic E-state index is 0.190. The fourth-order valence-corrected chi connectivity index (χ4v) is 4.01. The lowest BCUT2D eigenvalue weighted by Gasteiger charge is -2.42. The van der Waals surface area contributed by atoms with Crippen molar-refractivity contribution in [3.8, 4) is 0 Å². The number of aromatic nitrogens is 2. The Morgan fingerprint density at radius 1 is 1.04 bits per heavy atom. The quantitative estimate of drug-likeness (QED) is 0.844. The van der Waals surface area contributed by atoms with E-state index in [9.17, 15) is 9.59 Å². The van der Waals surface area contributed by atoms with Gasteiger partial charge in [-0.1, -0.05) is 30.3 Å². The summed E-state index contributed by atoms with van der Waals surface area (Å²) in [6.07, 6.45) is 1.13. The van der Waals surface area contributed by atoms with Gasteiger partial charge >= 0.3 is 6.03 Å². The van der Waals surface area contributed by atoms with Crippen LogP contribution in [0.5, 0.6) is 0 Å². The van der Waals surface area contributed by atoms with Crippen LogP contribution >= 0.6 is 0 Å². The maximum Gasteiger partial charge on any atom is 0.325 e. The van der Waals surface area contributed by atoms with E-state index in [1.807, 2.05) is 50.2 Å². The molecule has 2 saturated heterocycles. The van der Waals surface area contributed by atoms with E-state index in [-0.39, 0.29) is 11.9 Å². The predicted molar refractivity (Wildman–Crippen MR) is 101 cm³/mol. The van der Waals surface area contributed by atoms with Gasteiger partial charge in [0.15, 0.2) is 0 Å². The second-order valence-electron chi connectivity index (χ2n) is 7.30. The fraction of sp³-hybridized carbons (Fsp3) is 0.400. The molecule has 140 valence electrons. The van der Waals surface area contributed by atoms with Crippen molar-refractivity contribution in [2.24, 2.45) is 0 Å². The van der Waals surface area contributed by atoms with E-state index in [2.05, 4.69) is 20.2 Å². The Hall–Kier alpha value is -2.96. The highest BCUT2D eigenvalue weighted by atomic mass is 16.2. The van der Waals surface area contributed by atoms with Gasteiger partial charge in [0, 0.05) is 31.0 Å². The van der Waals surface area contributed by atoms with Crippen molar-refractivity contribution in [2.45, 2.75) is 38.8 Å². The number of rotatable bonds is 3. The van der Waals surface area contributed by atoms with Gasteiger partial charge in [0.25, 0.3) is 5.91 Å². The zero-order chi connectivity index (χ0) is 19.0. The number of benzene rings is 1. The van der Waals surface area contributed by atoms with Crippen molar-refractivity contribution in [1.29, 1.82) is 0 Å². The third kappa shape index (κ3) is 3.13. The van der Waals surface area contributed by atoms with Crippen molar-refractivity contribution in [3.05, 3.63) is 53.3 Å². The lowest BCUT2D eigenvalue weighted by Crippen LogP contribution is -2.56. The lowest BCUT2D eigenvalue weighted by atomic mass is 9.86. The van der Waals surface area contributed by atoms with E-state index in [0.29, 0.717) is 38.4 Å². The Labute approximate surface area is 158 Å². The van der Waals surface area contributed by atoms with Crippen molar-refractivity contribution < 1.29 is 9.59 Å². The van der Waals surface area contributed by atoms with Gasteiger partial charge in [0.2, 0.25) is 5.95 Å². The van der Waals surface area contributed by atoms with Crippen molar-refractivity contribution in [2.75, 3.05) is 18.0 Å². The molecule has 0 bridgehead atoms. The first-order chi connectivity index (χ1) is 13.0. The number of carbonyl (C=O) groups is 2. The standard InChI is InChI=1S/C20H23N5O2/c1-14-12-15(2)22-18(21-14)24-10-8-20(9-11-24)17(26)23-19(27)25(20)13-16-6-4-3-5-7-16/h3-7,12H,8-11,13H2,1-2H3,(H,23,26,27). The molecule has 3 amide bonds. The van der Waals surface area contributed by atoms with Gasteiger partial charge in [-0.15, -0.1) is 0 Å². The van der Waals surface area contributed by atoms with E-state index in [1.165, 1.54) is 0 Å². The Balaban J connectivity index is 1.55. The first kappa shape index (κ1) is 17.5. The number of piperidine rings is 1. The smallest absolute Gasteiger partial charge is 0.325 e. The molecule has 1 aromatic heterocycles. The van der Waals surface area contributed by atoms with E-state index < -0.39 is 5.54 Å². The van der Waals surface area contributed by atoms with Crippen LogP contribution in [-0.2, 0) is 11.3 Å². The summed E-state index contributed by atoms with van der Waals surface area (Å²) in [4.78, 5) is 38.0. The number of carbonyl (C=O) groups excluding carboxylic acids is 2. The highest BCUT2D eigenvalue weighted by molar-refractivity contribution is 6.07. The second kappa shape index (κ2) is 6.64. The Bertz CT molecular complexity index is 855. The number of amides is 3. The van der Waals surface area contributed by atoms with Gasteiger partial charge < -0.3 is 9.80 Å². The molecule has 7 nitrogen and oxygen atoms in total. The zero-order valence-corrected chi connectivity index (χ0v) is 15.6. The van der Waals surface area contributed by atoms with Gasteiger partial charge in [-0.2, -0.15) is 0 Å². The first-order valence-electron chi connectivity index (χ1n) is 9.22. The topological polar surface area (TPSA) is 78.4 Å². The van der Waals surface area contributed by atoms with Gasteiger partial charge in [-0.05, 0) is 38.3 Å². The second-order valence-corrected chi connectivity index (χ2v) is 7.30. The van der Waals surface area contributed by atoms with Crippen molar-refractivity contribution in [1.82, 2.24) is 20.2 Å². The number of imide groups is 1. The molecule has 2 aliphatic rings. The lowest BCUT2D eigenvalue weighted by molar-refractivity contribution is -0.127. The van der Waals surface area contributed by atoms with E-state index in [4.69, 9.17) is 0 Å². The summed E-state index contributed by atoms with van der Waals surface area (Å²) >= 11 is 0. The number of hydrogen-bond donors (Lipinski definition) is 1. The molecule has 1 spiro atoms. The maximum absolute atomic E-state index is 12.7. The summed E-state index contributed by atoms with van der Waals surface area (Å²) in [5.41, 5.74) is 2.08. The van der Waals surface area contributed by atoms with Crippen LogP contribution in [-0.4, -0.2) is 45.4 Å². The highest BCUT2D eigenvalue weighted by Gasteiger charge is 2.54. The summed E-state index contributed by atoms with van der Waals surface area (Å²) < 4.78 is 0. The molecule has 1 aromatic carbocycles. The van der Waals surface area contributed by atoms with Gasteiger partial charge in [0.1, 0.15) is 5.54 Å². The molecule has 7 heteroatoms. The van der Waals surface area contributed by atoms with E-state index in [0.717, 1.165) is 17.0 Å². The van der Waals surface area contributed by atoms with Crippen LogP contribution in [0.4, 0.5) is 10.7 Å². The Morgan fingerprint density at radius 3 is 2.30 bits per heavy atom. The molecule has 3 heterocycles. The maximum atomic E-state index is 12.7. The molecule has 2 aliphatic heterocycles. The van der Waals surface area contributed by atoms with Crippen LogP contribution in [0.2, 0.25) is 0 Å². The summed E-state index contributed by atoms with van der Waals surface area (Å²) in [7, 11) is 0. The van der Waals surface area contributed by atoms with Crippen LogP contribution in [0.3, 0.4) is 0 Å². The van der Waals surface area contributed by atoms with Crippen molar-refractivity contribution >= 4 is 17.9 Å². The summed E-state index contributed by atoms with van der Waals surface area (Å²) in [5.74, 6) is 0.506. The number of urea groups is 1. The van der Waals surface area contributed by atoms with E-state index in [1.54, 1.807) is 4.90 Å². The van der Waals surface area contributed by atoms with Crippen LogP contribution in [0, 0.1) is 13.8 Å². The molecule has 1 N–H and O–H groups in total. The molecule has 0 unspecified atom stereocenters. The minimum atomic E-state index is -0.789. The molecular formula is C20H23N5O2. The molecule has 0 saturated carbocycles. The SMILES string of the molecule is Cc1cc(C)nc(N2CCC3(CC2)C(=O)NC(=O)N3Cc2ccccc2)n1. The first-order valence-corrected chi connectivity index (χ1v) is 9.22. The Morgan fingerprint density at radius 2 is 1.67 bits per heavy atom. The van der Waals surface area contributed by atoms with Crippen LogP contribution in [0.25, 0.3) is 0 Å². The average Bonchev–Trinajstić information content (AvgIpc) is 2.86. The monoisotopic (exact) mass is 365 g/mol. The molecule has 0 aliphatic carbocycles. The normalized spacial score (nSPS) is 18.9. The van der Waals surface area contributed by atoms with Gasteiger partial charge in [-0.3, -0.25) is 10.1 Å². The molecule has 27 heavy (non-hydrogen) atoms. The fourth-order valence-electron chi connectivity index (χ4n) is 4.01. The van der Waals surface area contributed by atoms with Gasteiger partial charge in [-0.25, -0.2) is 14.8 Å². The summed E-state index contributed by atoms with van der Waals surface area (Å²) in [6.45, 7) is 5.60. The molecule has 0 atom stereocenters. The highest BCUT2D eigenvalue weighted by Crippen LogP contribution is 2.35. The van der Waals surface area contributed by atoms with Crippen LogP contribution < -0.4 is 10.2 Å². The number of aryl methyl sites for hydroxylation is 2. The Kier molecular flexibility index (Phi) is 4.30. The van der Waals surface area contributed by atoms with Gasteiger partial charge in [0.05, 0.1) is 0 Å². The third-order valence-corrected chi connectivity index (χ3v) is 5.43. The molecule has 2 fully saturated rings. The number of anilines is 1. The molecular weight excluding hydrogens is 342 g/mol. The van der Waals surface area contributed by atoms with E-state index >= 15 is 0 Å². The molecule has 0 radical (unpaired) electrons. The number of hydrogen-bond acceptors (Lipinski definition) is 5. The third-order valence-electron chi connectivity index (χ3n) is 5.43. The minimum Gasteiger partial charge on any atom is -0.341 e. The largest absolute Gasteiger partial charge is 0.341 e. The molecule has 4 rings (SSSR count). The summed E-state index contributed by atoms with van der Waals surface area (Å²) in [6, 6.07) is 11.4. The number of nitrogens with zero attached hydrogens (tertiary/aromatic N) is 4. The average molecular weight is 365 g/mol. The van der Waals surface area contributed by atoms with Crippen LogP contribution in [0.1, 0.15) is 29.8 Å². The summed E-state index contributed by atoms with van der Waals surface area (Å²) in [5, 5.41) is 2.52. The zero-order valence-electron chi connectivity index (χ0n) is 15.6.